The van der Waals surface area contributed by atoms with Crippen LogP contribution >= 0.6 is 0 Å². The van der Waals surface area contributed by atoms with Gasteiger partial charge in [0.2, 0.25) is 0 Å². The van der Waals surface area contributed by atoms with Gasteiger partial charge < -0.3 is 19.5 Å². The number of nitrogens with zero attached hydrogens (tertiary/aromatic N) is 1. The van der Waals surface area contributed by atoms with Gasteiger partial charge in [-0.15, -0.1) is 0 Å². The van der Waals surface area contributed by atoms with Crippen LogP contribution < -0.4 is 0 Å². The molecule has 0 aromatic carbocycles. The average molecular weight is 343 g/mol. The summed E-state index contributed by atoms with van der Waals surface area (Å²) in [6.07, 6.45) is 7.68. The molecule has 1 aliphatic heterocycles. The maximum atomic E-state index is 11.8. The monoisotopic (exact) mass is 343 g/mol. The van der Waals surface area contributed by atoms with Gasteiger partial charge in [0.25, 0.3) is 0 Å². The molecule has 0 spiro atoms. The van der Waals surface area contributed by atoms with Crippen LogP contribution in [0.15, 0.2) is 0 Å². The molecule has 0 amide bonds. The summed E-state index contributed by atoms with van der Waals surface area (Å²) in [4.78, 5) is 24.9. The predicted molar refractivity (Wildman–Crippen MR) is 92.1 cm³/mol. The molecule has 1 fully saturated rings. The van der Waals surface area contributed by atoms with Crippen molar-refractivity contribution in [3.8, 4) is 0 Å². The summed E-state index contributed by atoms with van der Waals surface area (Å²) in [5.74, 6) is -0.865. The molecule has 6 nitrogen and oxygen atoms in total. The quantitative estimate of drug-likeness (QED) is 0.404. The standard InChI is InChI=1S/C18H33NO5/c1-2-3-4-5-9-16(10-11-17(20)21)24-18(22)23-15-8-14-19-12-6-7-13-19/h16H,2-15H2,1H3,(H,20,21). The maximum absolute atomic E-state index is 11.8. The molecule has 1 atom stereocenters. The highest BCUT2D eigenvalue weighted by molar-refractivity contribution is 5.66. The Bertz CT molecular complexity index is 355. The summed E-state index contributed by atoms with van der Waals surface area (Å²) < 4.78 is 10.4. The van der Waals surface area contributed by atoms with Crippen molar-refractivity contribution in [2.24, 2.45) is 0 Å². The second-order valence-corrected chi connectivity index (χ2v) is 6.52. The van der Waals surface area contributed by atoms with Gasteiger partial charge in [-0.3, -0.25) is 4.79 Å². The lowest BCUT2D eigenvalue weighted by Gasteiger charge is -2.17. The van der Waals surface area contributed by atoms with E-state index in [1.165, 1.54) is 12.8 Å². The Labute approximate surface area is 145 Å². The first-order chi connectivity index (χ1) is 11.6. The molecule has 1 saturated heterocycles. The van der Waals surface area contributed by atoms with E-state index in [2.05, 4.69) is 11.8 Å². The Hall–Kier alpha value is -1.30. The summed E-state index contributed by atoms with van der Waals surface area (Å²) in [5.41, 5.74) is 0. The molecule has 0 radical (unpaired) electrons. The van der Waals surface area contributed by atoms with Gasteiger partial charge in [0.1, 0.15) is 6.10 Å². The molecule has 1 heterocycles. The topological polar surface area (TPSA) is 76.1 Å². The van der Waals surface area contributed by atoms with Gasteiger partial charge in [0, 0.05) is 13.0 Å². The maximum Gasteiger partial charge on any atom is 0.508 e. The van der Waals surface area contributed by atoms with Gasteiger partial charge in [-0.25, -0.2) is 4.79 Å². The lowest BCUT2D eigenvalue weighted by molar-refractivity contribution is -0.137. The highest BCUT2D eigenvalue weighted by Crippen LogP contribution is 2.14. The average Bonchev–Trinajstić information content (AvgIpc) is 3.06. The van der Waals surface area contributed by atoms with Crippen LogP contribution in [-0.2, 0) is 14.3 Å². The Morgan fingerprint density at radius 3 is 2.50 bits per heavy atom. The lowest BCUT2D eigenvalue weighted by Crippen LogP contribution is -2.23. The van der Waals surface area contributed by atoms with Crippen LogP contribution in [-0.4, -0.2) is 54.5 Å². The highest BCUT2D eigenvalue weighted by atomic mass is 16.7. The van der Waals surface area contributed by atoms with E-state index in [9.17, 15) is 9.59 Å². The van der Waals surface area contributed by atoms with Crippen LogP contribution in [0.5, 0.6) is 0 Å². The summed E-state index contributed by atoms with van der Waals surface area (Å²) in [5, 5.41) is 8.81. The summed E-state index contributed by atoms with van der Waals surface area (Å²) in [6.45, 7) is 5.72. The van der Waals surface area contributed by atoms with Gasteiger partial charge in [0.15, 0.2) is 0 Å². The van der Waals surface area contributed by atoms with Crippen molar-refractivity contribution in [1.29, 1.82) is 0 Å². The molecule has 0 aromatic heterocycles. The number of unbranched alkanes of at least 4 members (excludes halogenated alkanes) is 3. The minimum Gasteiger partial charge on any atom is -0.481 e. The first-order valence-electron chi connectivity index (χ1n) is 9.39. The second-order valence-electron chi connectivity index (χ2n) is 6.52. The number of carbonyl (C=O) groups excluding carboxylic acids is 1. The Balaban J connectivity index is 2.18. The van der Waals surface area contributed by atoms with Crippen molar-refractivity contribution < 1.29 is 24.2 Å². The molecule has 140 valence electrons. The smallest absolute Gasteiger partial charge is 0.481 e. The van der Waals surface area contributed by atoms with E-state index in [0.29, 0.717) is 19.4 Å². The molecule has 1 rings (SSSR count). The molecule has 0 aliphatic carbocycles. The molecule has 0 aromatic rings. The number of carbonyl (C=O) groups is 2. The molecule has 0 bridgehead atoms. The zero-order valence-corrected chi connectivity index (χ0v) is 15.0. The van der Waals surface area contributed by atoms with Gasteiger partial charge in [-0.1, -0.05) is 26.2 Å². The summed E-state index contributed by atoms with van der Waals surface area (Å²) in [7, 11) is 0. The van der Waals surface area contributed by atoms with Crippen LogP contribution in [0.4, 0.5) is 4.79 Å². The third kappa shape index (κ3) is 10.5. The number of hydrogen-bond donors (Lipinski definition) is 1. The number of hydrogen-bond acceptors (Lipinski definition) is 5. The molecule has 1 aliphatic rings. The number of ether oxygens (including phenoxy) is 2. The van der Waals surface area contributed by atoms with E-state index < -0.39 is 12.1 Å². The van der Waals surface area contributed by atoms with E-state index in [4.69, 9.17) is 14.6 Å². The predicted octanol–water partition coefficient (Wildman–Crippen LogP) is 3.83. The molecular formula is C18H33NO5. The number of rotatable bonds is 13. The number of carboxylic acids is 1. The third-order valence-electron chi connectivity index (χ3n) is 4.36. The van der Waals surface area contributed by atoms with E-state index in [-0.39, 0.29) is 12.5 Å². The number of carboxylic acid groups (broad SMARTS) is 1. The fourth-order valence-electron chi connectivity index (χ4n) is 2.97. The van der Waals surface area contributed by atoms with Crippen LogP contribution in [0.1, 0.15) is 71.1 Å². The Kier molecular flexibility index (Phi) is 11.3. The van der Waals surface area contributed by atoms with E-state index >= 15 is 0 Å². The van der Waals surface area contributed by atoms with Crippen LogP contribution in [0.2, 0.25) is 0 Å². The molecule has 0 saturated carbocycles. The Morgan fingerprint density at radius 1 is 1.08 bits per heavy atom. The normalized spacial score (nSPS) is 16.0. The number of aliphatic carboxylic acids is 1. The van der Waals surface area contributed by atoms with Crippen LogP contribution in [0, 0.1) is 0 Å². The zero-order chi connectivity index (χ0) is 17.6. The van der Waals surface area contributed by atoms with Crippen molar-refractivity contribution in [1.82, 2.24) is 4.90 Å². The van der Waals surface area contributed by atoms with Crippen LogP contribution in [0.3, 0.4) is 0 Å². The third-order valence-corrected chi connectivity index (χ3v) is 4.36. The first-order valence-corrected chi connectivity index (χ1v) is 9.39. The summed E-state index contributed by atoms with van der Waals surface area (Å²) in [6, 6.07) is 0. The van der Waals surface area contributed by atoms with Gasteiger partial charge in [-0.05, 0) is 51.6 Å². The fourth-order valence-corrected chi connectivity index (χ4v) is 2.97. The largest absolute Gasteiger partial charge is 0.508 e. The van der Waals surface area contributed by atoms with E-state index in [1.807, 2.05) is 0 Å². The lowest BCUT2D eigenvalue weighted by atomic mass is 10.1. The fraction of sp³-hybridized carbons (Fsp3) is 0.889. The second kappa shape index (κ2) is 13.0. The van der Waals surface area contributed by atoms with Crippen molar-refractivity contribution >= 4 is 12.1 Å². The minimum atomic E-state index is -0.865. The molecule has 1 N–H and O–H groups in total. The van der Waals surface area contributed by atoms with Gasteiger partial charge >= 0.3 is 12.1 Å². The van der Waals surface area contributed by atoms with Crippen molar-refractivity contribution in [2.45, 2.75) is 77.2 Å². The van der Waals surface area contributed by atoms with Gasteiger partial charge in [0.05, 0.1) is 6.61 Å². The molecule has 6 heteroatoms. The van der Waals surface area contributed by atoms with Crippen LogP contribution in [0.25, 0.3) is 0 Å². The van der Waals surface area contributed by atoms with Crippen molar-refractivity contribution in [3.63, 3.8) is 0 Å². The minimum absolute atomic E-state index is 0.0146. The summed E-state index contributed by atoms with van der Waals surface area (Å²) >= 11 is 0. The SMILES string of the molecule is CCCCCCC(CCC(=O)O)OC(=O)OCCCN1CCCC1. The van der Waals surface area contributed by atoms with Gasteiger partial charge in [-0.2, -0.15) is 0 Å². The Morgan fingerprint density at radius 2 is 1.83 bits per heavy atom. The zero-order valence-electron chi connectivity index (χ0n) is 15.0. The van der Waals surface area contributed by atoms with Crippen molar-refractivity contribution in [3.05, 3.63) is 0 Å². The highest BCUT2D eigenvalue weighted by Gasteiger charge is 2.17. The van der Waals surface area contributed by atoms with E-state index in [1.54, 1.807) is 0 Å². The first kappa shape index (κ1) is 20.7. The molecular weight excluding hydrogens is 310 g/mol. The molecule has 1 unspecified atom stereocenters. The molecule has 24 heavy (non-hydrogen) atoms. The number of likely N-dealkylation sites (tertiary alicyclic amines) is 1. The van der Waals surface area contributed by atoms with E-state index in [0.717, 1.165) is 51.7 Å². The van der Waals surface area contributed by atoms with Crippen molar-refractivity contribution in [2.75, 3.05) is 26.2 Å².